The monoisotopic (exact) mass is 563 g/mol. The van der Waals surface area contributed by atoms with E-state index in [1.807, 2.05) is 32.9 Å². The quantitative estimate of drug-likeness (QED) is 0.503. The molecule has 2 aromatic carbocycles. The van der Waals surface area contributed by atoms with E-state index in [1.165, 1.54) is 6.07 Å². The molecule has 0 atom stereocenters. The molecule has 41 heavy (non-hydrogen) atoms. The maximum absolute atomic E-state index is 14.8. The number of H-pyrrole nitrogens is 1. The lowest BCUT2D eigenvalue weighted by atomic mass is 9.96. The SMILES string of the molecule is CC(C)(C)OC(=O)N1CCC(CN2CCN(C(=O)c3cc(Cc4n[nH]c(=O)c5ccccc45)ccc3F)CC2)CC1. The first-order chi connectivity index (χ1) is 19.6. The molecule has 2 aliphatic heterocycles. The number of piperazine rings is 1. The molecule has 2 aliphatic rings. The third-order valence-corrected chi connectivity index (χ3v) is 7.85. The first kappa shape index (κ1) is 28.7. The minimum atomic E-state index is -0.544. The van der Waals surface area contributed by atoms with Crippen LogP contribution in [0.15, 0.2) is 47.3 Å². The summed E-state index contributed by atoms with van der Waals surface area (Å²) in [4.78, 5) is 43.7. The highest BCUT2D eigenvalue weighted by Gasteiger charge is 2.30. The summed E-state index contributed by atoms with van der Waals surface area (Å²) in [5, 5.41) is 8.02. The summed E-state index contributed by atoms with van der Waals surface area (Å²) in [6, 6.07) is 11.8. The fourth-order valence-corrected chi connectivity index (χ4v) is 5.64. The Morgan fingerprint density at radius 1 is 0.976 bits per heavy atom. The van der Waals surface area contributed by atoms with E-state index in [-0.39, 0.29) is 23.1 Å². The molecule has 5 rings (SSSR count). The number of nitrogens with zero attached hydrogens (tertiary/aromatic N) is 4. The maximum atomic E-state index is 14.8. The second-order valence-electron chi connectivity index (χ2n) is 12.0. The zero-order valence-corrected chi connectivity index (χ0v) is 24.0. The normalized spacial score (nSPS) is 17.2. The number of benzene rings is 2. The van der Waals surface area contributed by atoms with Crippen LogP contribution < -0.4 is 5.56 Å². The number of aromatic amines is 1. The van der Waals surface area contributed by atoms with Gasteiger partial charge in [0.05, 0.1) is 16.6 Å². The zero-order valence-electron chi connectivity index (χ0n) is 24.0. The lowest BCUT2D eigenvalue weighted by molar-refractivity contribution is 0.0161. The van der Waals surface area contributed by atoms with Crippen LogP contribution in [0.2, 0.25) is 0 Å². The fraction of sp³-hybridized carbons (Fsp3) is 0.484. The van der Waals surface area contributed by atoms with Crippen molar-refractivity contribution in [2.75, 3.05) is 45.8 Å². The van der Waals surface area contributed by atoms with Crippen LogP contribution in [0.5, 0.6) is 0 Å². The predicted octanol–water partition coefficient (Wildman–Crippen LogP) is 4.06. The second kappa shape index (κ2) is 12.0. The number of halogens is 1. The van der Waals surface area contributed by atoms with Gasteiger partial charge in [0.2, 0.25) is 0 Å². The van der Waals surface area contributed by atoms with Gasteiger partial charge in [0.1, 0.15) is 11.4 Å². The van der Waals surface area contributed by atoms with Crippen LogP contribution in [-0.2, 0) is 11.2 Å². The summed E-state index contributed by atoms with van der Waals surface area (Å²) >= 11 is 0. The van der Waals surface area contributed by atoms with E-state index in [0.717, 1.165) is 43.4 Å². The summed E-state index contributed by atoms with van der Waals surface area (Å²) < 4.78 is 20.3. The number of amides is 2. The Balaban J connectivity index is 1.15. The summed E-state index contributed by atoms with van der Waals surface area (Å²) in [5.41, 5.74) is 0.709. The van der Waals surface area contributed by atoms with Gasteiger partial charge in [-0.05, 0) is 63.3 Å². The number of nitrogens with one attached hydrogen (secondary N) is 1. The van der Waals surface area contributed by atoms with Crippen LogP contribution in [-0.4, -0.2) is 88.3 Å². The highest BCUT2D eigenvalue weighted by atomic mass is 19.1. The maximum Gasteiger partial charge on any atom is 0.410 e. The van der Waals surface area contributed by atoms with E-state index in [2.05, 4.69) is 15.1 Å². The van der Waals surface area contributed by atoms with Crippen LogP contribution in [0.3, 0.4) is 0 Å². The number of aromatic nitrogens is 2. The van der Waals surface area contributed by atoms with E-state index in [9.17, 15) is 18.8 Å². The molecule has 3 aromatic rings. The minimum absolute atomic E-state index is 0.0548. The average molecular weight is 564 g/mol. The van der Waals surface area contributed by atoms with Crippen LogP contribution in [0.25, 0.3) is 10.8 Å². The van der Waals surface area contributed by atoms with Crippen LogP contribution >= 0.6 is 0 Å². The number of piperidine rings is 1. The van der Waals surface area contributed by atoms with E-state index in [0.29, 0.717) is 49.6 Å². The van der Waals surface area contributed by atoms with Crippen molar-refractivity contribution in [3.63, 3.8) is 0 Å². The Kier molecular flexibility index (Phi) is 8.40. The molecule has 3 heterocycles. The van der Waals surface area contributed by atoms with E-state index >= 15 is 0 Å². The van der Waals surface area contributed by atoms with Gasteiger partial charge in [-0.25, -0.2) is 14.3 Å². The third-order valence-electron chi connectivity index (χ3n) is 7.85. The molecule has 0 radical (unpaired) electrons. The summed E-state index contributed by atoms with van der Waals surface area (Å²) in [6.07, 6.45) is 1.96. The Morgan fingerprint density at radius 3 is 2.34 bits per heavy atom. The molecule has 9 nitrogen and oxygen atoms in total. The molecule has 2 fully saturated rings. The third kappa shape index (κ3) is 6.93. The number of fused-ring (bicyclic) bond motifs is 1. The molecular formula is C31H38FN5O4. The molecule has 0 saturated carbocycles. The number of hydrogen-bond acceptors (Lipinski definition) is 6. The van der Waals surface area contributed by atoms with Gasteiger partial charge in [0, 0.05) is 57.6 Å². The number of likely N-dealkylation sites (tertiary alicyclic amines) is 1. The van der Waals surface area contributed by atoms with Crippen molar-refractivity contribution in [3.8, 4) is 0 Å². The van der Waals surface area contributed by atoms with Gasteiger partial charge >= 0.3 is 6.09 Å². The van der Waals surface area contributed by atoms with Gasteiger partial charge in [-0.15, -0.1) is 0 Å². The Hall–Kier alpha value is -3.79. The molecule has 0 unspecified atom stereocenters. The Labute approximate surface area is 239 Å². The van der Waals surface area contributed by atoms with Crippen molar-refractivity contribution in [2.45, 2.75) is 45.6 Å². The molecule has 1 aromatic heterocycles. The van der Waals surface area contributed by atoms with Gasteiger partial charge in [-0.2, -0.15) is 5.10 Å². The molecule has 0 bridgehead atoms. The lowest BCUT2D eigenvalue weighted by Gasteiger charge is -2.39. The highest BCUT2D eigenvalue weighted by Crippen LogP contribution is 2.23. The topological polar surface area (TPSA) is 98.8 Å². The van der Waals surface area contributed by atoms with E-state index < -0.39 is 11.4 Å². The molecule has 218 valence electrons. The predicted molar refractivity (Wildman–Crippen MR) is 154 cm³/mol. The van der Waals surface area contributed by atoms with Crippen molar-refractivity contribution >= 4 is 22.8 Å². The smallest absolute Gasteiger partial charge is 0.410 e. The van der Waals surface area contributed by atoms with Crippen molar-refractivity contribution < 1.29 is 18.7 Å². The molecule has 2 saturated heterocycles. The first-order valence-corrected chi connectivity index (χ1v) is 14.3. The minimum Gasteiger partial charge on any atom is -0.444 e. The highest BCUT2D eigenvalue weighted by molar-refractivity contribution is 5.95. The summed E-state index contributed by atoms with van der Waals surface area (Å²) in [7, 11) is 0. The van der Waals surface area contributed by atoms with Gasteiger partial charge < -0.3 is 14.5 Å². The van der Waals surface area contributed by atoms with Gasteiger partial charge in [-0.3, -0.25) is 14.5 Å². The number of rotatable bonds is 5. The second-order valence-corrected chi connectivity index (χ2v) is 12.0. The fourth-order valence-electron chi connectivity index (χ4n) is 5.64. The Bertz CT molecular complexity index is 1470. The molecule has 1 N–H and O–H groups in total. The lowest BCUT2D eigenvalue weighted by Crippen LogP contribution is -2.51. The first-order valence-electron chi connectivity index (χ1n) is 14.3. The molecule has 0 aliphatic carbocycles. The molecule has 2 amide bonds. The van der Waals surface area contributed by atoms with Gasteiger partial charge in [-0.1, -0.05) is 24.3 Å². The van der Waals surface area contributed by atoms with Crippen LogP contribution in [0.4, 0.5) is 9.18 Å². The standard InChI is InChI=1S/C31H38FN5O4/c1-31(2,3)41-30(40)37-12-10-21(11-13-37)20-35-14-16-36(17-15-35)29(39)25-18-22(8-9-26(25)32)19-27-23-6-4-5-7-24(23)28(38)34-33-27/h4-9,18,21H,10-17,19-20H2,1-3H3,(H,34,38). The number of carbonyl (C=O) groups excluding carboxylic acids is 2. The number of ether oxygens (including phenoxy) is 1. The van der Waals surface area contributed by atoms with Crippen molar-refractivity contribution in [2.24, 2.45) is 5.92 Å². The Morgan fingerprint density at radius 2 is 1.66 bits per heavy atom. The number of hydrogen-bond donors (Lipinski definition) is 1. The molecular weight excluding hydrogens is 525 g/mol. The van der Waals surface area contributed by atoms with Crippen molar-refractivity contribution in [1.82, 2.24) is 24.9 Å². The average Bonchev–Trinajstić information content (AvgIpc) is 2.95. The molecule has 0 spiro atoms. The van der Waals surface area contributed by atoms with Gasteiger partial charge in [0.25, 0.3) is 11.5 Å². The van der Waals surface area contributed by atoms with Crippen molar-refractivity contribution in [1.29, 1.82) is 0 Å². The van der Waals surface area contributed by atoms with Crippen LogP contribution in [0.1, 0.15) is 55.2 Å². The molecule has 10 heteroatoms. The largest absolute Gasteiger partial charge is 0.444 e. The van der Waals surface area contributed by atoms with E-state index in [1.54, 1.807) is 34.1 Å². The summed E-state index contributed by atoms with van der Waals surface area (Å²) in [5.74, 6) is -0.367. The number of carbonyl (C=O) groups is 2. The van der Waals surface area contributed by atoms with Gasteiger partial charge in [0.15, 0.2) is 0 Å². The van der Waals surface area contributed by atoms with E-state index in [4.69, 9.17) is 4.74 Å². The van der Waals surface area contributed by atoms with Crippen LogP contribution in [0, 0.1) is 11.7 Å². The zero-order chi connectivity index (χ0) is 29.1. The van der Waals surface area contributed by atoms with Crippen molar-refractivity contribution in [3.05, 3.63) is 75.5 Å². The summed E-state index contributed by atoms with van der Waals surface area (Å²) in [6.45, 7) is 10.5.